The van der Waals surface area contributed by atoms with E-state index in [-0.39, 0.29) is 12.3 Å². The second kappa shape index (κ2) is 12.9. The lowest BCUT2D eigenvalue weighted by Gasteiger charge is -2.17. The molecular weight excluding hydrogens is 490 g/mol. The van der Waals surface area contributed by atoms with Crippen molar-refractivity contribution in [3.63, 3.8) is 0 Å². The molecule has 0 atom stereocenters. The maximum Gasteiger partial charge on any atom is 0.335 e. The highest BCUT2D eigenvalue weighted by molar-refractivity contribution is 6.18. The van der Waals surface area contributed by atoms with Gasteiger partial charge in [0, 0.05) is 6.54 Å². The van der Waals surface area contributed by atoms with Crippen molar-refractivity contribution in [2.45, 2.75) is 69.6 Å². The fourth-order valence-electron chi connectivity index (χ4n) is 5.92. The van der Waals surface area contributed by atoms with Crippen LogP contribution in [0.5, 0.6) is 0 Å². The third-order valence-electron chi connectivity index (χ3n) is 7.85. The molecule has 4 rings (SSSR count). The molecule has 2 aliphatic rings. The van der Waals surface area contributed by atoms with Gasteiger partial charge in [-0.2, -0.15) is 0 Å². The zero-order valence-electron chi connectivity index (χ0n) is 23.1. The molecule has 1 N–H and O–H groups in total. The topological polar surface area (TPSA) is 81.7 Å². The van der Waals surface area contributed by atoms with E-state index in [4.69, 9.17) is 9.47 Å². The Labute approximate surface area is 231 Å². The van der Waals surface area contributed by atoms with Crippen molar-refractivity contribution in [1.82, 2.24) is 5.32 Å². The summed E-state index contributed by atoms with van der Waals surface area (Å²) in [7, 11) is 2.62. The summed E-state index contributed by atoms with van der Waals surface area (Å²) in [6, 6.07) is 13.6. The van der Waals surface area contributed by atoms with E-state index in [1.165, 1.54) is 52.7 Å². The fourth-order valence-corrected chi connectivity index (χ4v) is 5.92. The number of unbranched alkanes of at least 4 members (excludes halogenated alkanes) is 8. The van der Waals surface area contributed by atoms with Crippen molar-refractivity contribution < 1.29 is 23.9 Å². The Balaban J connectivity index is 1.37. The first-order valence-electron chi connectivity index (χ1n) is 14.0. The van der Waals surface area contributed by atoms with Gasteiger partial charge in [-0.05, 0) is 47.1 Å². The van der Waals surface area contributed by atoms with Crippen LogP contribution in [0.3, 0.4) is 0 Å². The molecule has 206 valence electrons. The van der Waals surface area contributed by atoms with Crippen molar-refractivity contribution in [3.05, 3.63) is 83.0 Å². The van der Waals surface area contributed by atoms with E-state index < -0.39 is 17.4 Å². The molecule has 2 aromatic rings. The molecule has 1 spiro atoms. The Kier molecular flexibility index (Phi) is 9.39. The number of carbonyl (C=O) groups excluding carboxylic acids is 3. The summed E-state index contributed by atoms with van der Waals surface area (Å²) >= 11 is 0. The van der Waals surface area contributed by atoms with Crippen LogP contribution in [0.25, 0.3) is 11.1 Å². The Morgan fingerprint density at radius 2 is 1.38 bits per heavy atom. The first kappa shape index (κ1) is 28.3. The van der Waals surface area contributed by atoms with Gasteiger partial charge in [-0.3, -0.25) is 4.79 Å². The van der Waals surface area contributed by atoms with Crippen LogP contribution < -0.4 is 5.32 Å². The number of carbonyl (C=O) groups is 3. The van der Waals surface area contributed by atoms with Gasteiger partial charge < -0.3 is 14.8 Å². The first-order chi connectivity index (χ1) is 19.0. The molecule has 0 saturated carbocycles. The summed E-state index contributed by atoms with van der Waals surface area (Å²) in [5.74, 6) is -1.13. The number of hydrogen-bond acceptors (Lipinski definition) is 5. The number of rotatable bonds is 15. The predicted octanol–water partition coefficient (Wildman–Crippen LogP) is 5.96. The van der Waals surface area contributed by atoms with Crippen LogP contribution in [0.1, 0.15) is 74.5 Å². The Bertz CT molecular complexity index is 1250. The summed E-state index contributed by atoms with van der Waals surface area (Å²) in [6.07, 6.45) is 12.9. The summed E-state index contributed by atoms with van der Waals surface area (Å²) in [5.41, 5.74) is 4.03. The highest BCUT2D eigenvalue weighted by atomic mass is 16.5. The monoisotopic (exact) mass is 529 g/mol. The molecule has 0 saturated heterocycles. The molecule has 0 bridgehead atoms. The third-order valence-corrected chi connectivity index (χ3v) is 7.85. The van der Waals surface area contributed by atoms with Crippen molar-refractivity contribution in [2.24, 2.45) is 0 Å². The van der Waals surface area contributed by atoms with E-state index in [0.717, 1.165) is 47.1 Å². The lowest BCUT2D eigenvalue weighted by molar-refractivity contribution is -0.137. The Morgan fingerprint density at radius 1 is 0.795 bits per heavy atom. The van der Waals surface area contributed by atoms with Gasteiger partial charge in [0.15, 0.2) is 0 Å². The van der Waals surface area contributed by atoms with E-state index >= 15 is 0 Å². The number of ether oxygens (including phenoxy) is 2. The summed E-state index contributed by atoms with van der Waals surface area (Å²) < 4.78 is 10.1. The van der Waals surface area contributed by atoms with Crippen LogP contribution in [-0.4, -0.2) is 38.6 Å². The molecule has 6 nitrogen and oxygen atoms in total. The highest BCUT2D eigenvalue weighted by Crippen LogP contribution is 2.66. The van der Waals surface area contributed by atoms with Crippen LogP contribution in [0.2, 0.25) is 0 Å². The third kappa shape index (κ3) is 5.70. The van der Waals surface area contributed by atoms with Crippen LogP contribution in [-0.2, 0) is 35.7 Å². The van der Waals surface area contributed by atoms with Crippen LogP contribution in [0.4, 0.5) is 0 Å². The molecule has 0 fully saturated rings. The van der Waals surface area contributed by atoms with Crippen LogP contribution in [0.15, 0.2) is 66.3 Å². The molecule has 1 amide bonds. The number of methoxy groups -OCH3 is 2. The van der Waals surface area contributed by atoms with Gasteiger partial charge in [0.2, 0.25) is 5.91 Å². The zero-order valence-corrected chi connectivity index (χ0v) is 23.1. The molecule has 0 radical (unpaired) electrons. The van der Waals surface area contributed by atoms with E-state index in [0.29, 0.717) is 17.7 Å². The number of nitrogens with one attached hydrogen (secondary N) is 1. The van der Waals surface area contributed by atoms with E-state index in [1.807, 2.05) is 48.5 Å². The van der Waals surface area contributed by atoms with Gasteiger partial charge in [-0.15, -0.1) is 6.58 Å². The Hall–Kier alpha value is -3.67. The van der Waals surface area contributed by atoms with Crippen LogP contribution >= 0.6 is 0 Å². The molecule has 2 aliphatic carbocycles. The number of amides is 1. The number of benzene rings is 2. The van der Waals surface area contributed by atoms with Gasteiger partial charge in [0.25, 0.3) is 0 Å². The summed E-state index contributed by atoms with van der Waals surface area (Å²) in [5, 5.41) is 3.04. The minimum absolute atomic E-state index is 0.0353. The average molecular weight is 530 g/mol. The van der Waals surface area contributed by atoms with Gasteiger partial charge in [0.05, 0.1) is 37.2 Å². The predicted molar refractivity (Wildman–Crippen MR) is 152 cm³/mol. The maximum atomic E-state index is 12.8. The number of allylic oxidation sites excluding steroid dienone is 1. The largest absolute Gasteiger partial charge is 0.466 e. The summed E-state index contributed by atoms with van der Waals surface area (Å²) in [4.78, 5) is 38.3. The molecule has 0 unspecified atom stereocenters. The Morgan fingerprint density at radius 3 is 2.03 bits per heavy atom. The van der Waals surface area contributed by atoms with Crippen molar-refractivity contribution in [1.29, 1.82) is 0 Å². The molecule has 6 heteroatoms. The standard InChI is InChI=1S/C33H39NO5/c1-4-5-6-7-8-9-10-11-12-15-20-34-28(35)22-23-18-19-25-24-16-13-14-17-26(24)33(27(25)21-23)29(31(36)38-2)30(33)32(37)39-3/h4,13-14,16-19,21H,1,5-12,15,20,22H2,2-3H3,(H,34,35). The lowest BCUT2D eigenvalue weighted by atomic mass is 9.84. The zero-order chi connectivity index (χ0) is 27.8. The number of esters is 2. The number of fused-ring (bicyclic) bond motifs is 5. The number of hydrogen-bond donors (Lipinski definition) is 1. The van der Waals surface area contributed by atoms with Crippen molar-refractivity contribution in [3.8, 4) is 11.1 Å². The van der Waals surface area contributed by atoms with Crippen molar-refractivity contribution >= 4 is 17.8 Å². The summed E-state index contributed by atoms with van der Waals surface area (Å²) in [6.45, 7) is 4.43. The molecule has 0 heterocycles. The molecule has 0 aliphatic heterocycles. The second-order valence-electron chi connectivity index (χ2n) is 10.3. The quantitative estimate of drug-likeness (QED) is 0.175. The van der Waals surface area contributed by atoms with Gasteiger partial charge in [-0.25, -0.2) is 9.59 Å². The van der Waals surface area contributed by atoms with Gasteiger partial charge in [0.1, 0.15) is 0 Å². The maximum absolute atomic E-state index is 12.8. The molecule has 2 aromatic carbocycles. The fraction of sp³-hybridized carbons (Fsp3) is 0.424. The SMILES string of the molecule is C=CCCCCCCCCCCNC(=O)Cc1ccc2c(c1)C1(C(C(=O)OC)=C1C(=O)OC)c1ccccc1-2. The minimum atomic E-state index is -0.996. The van der Waals surface area contributed by atoms with Gasteiger partial charge >= 0.3 is 11.9 Å². The lowest BCUT2D eigenvalue weighted by Crippen LogP contribution is -2.26. The smallest absolute Gasteiger partial charge is 0.335 e. The van der Waals surface area contributed by atoms with Crippen molar-refractivity contribution in [2.75, 3.05) is 20.8 Å². The van der Waals surface area contributed by atoms with E-state index in [9.17, 15) is 14.4 Å². The van der Waals surface area contributed by atoms with E-state index in [1.54, 1.807) is 0 Å². The highest BCUT2D eigenvalue weighted by Gasteiger charge is 2.66. The van der Waals surface area contributed by atoms with E-state index in [2.05, 4.69) is 11.9 Å². The molecular formula is C33H39NO5. The average Bonchev–Trinajstić information content (AvgIpc) is 3.58. The minimum Gasteiger partial charge on any atom is -0.466 e. The first-order valence-corrected chi connectivity index (χ1v) is 14.0. The molecule has 39 heavy (non-hydrogen) atoms. The van der Waals surface area contributed by atoms with Crippen LogP contribution in [0, 0.1) is 0 Å². The van der Waals surface area contributed by atoms with Gasteiger partial charge in [-0.1, -0.05) is 87.1 Å². The second-order valence-corrected chi connectivity index (χ2v) is 10.3. The molecule has 0 aromatic heterocycles. The normalized spacial score (nSPS) is 14.0.